The van der Waals surface area contributed by atoms with Gasteiger partial charge in [-0.2, -0.15) is 0 Å². The third-order valence-electron chi connectivity index (χ3n) is 1.36. The first-order chi connectivity index (χ1) is 6.11. The van der Waals surface area contributed by atoms with Crippen LogP contribution in [0.1, 0.15) is 26.7 Å². The molecule has 4 nitrogen and oxygen atoms in total. The second kappa shape index (κ2) is 6.22. The molecule has 4 heteroatoms. The maximum atomic E-state index is 11.1. The summed E-state index contributed by atoms with van der Waals surface area (Å²) >= 11 is 0. The fourth-order valence-corrected chi connectivity index (χ4v) is 0.764. The fourth-order valence-electron chi connectivity index (χ4n) is 0.764. The van der Waals surface area contributed by atoms with E-state index in [1.165, 1.54) is 0 Å². The Morgan fingerprint density at radius 3 is 2.46 bits per heavy atom. The maximum absolute atomic E-state index is 11.1. The highest BCUT2D eigenvalue weighted by Crippen LogP contribution is 2.00. The monoisotopic (exact) mass is 185 g/mol. The number of nitrogens with one attached hydrogen (secondary N) is 1. The van der Waals surface area contributed by atoms with Crippen molar-refractivity contribution in [3.05, 3.63) is 12.2 Å². The molecular weight excluding hydrogens is 170 g/mol. The van der Waals surface area contributed by atoms with Gasteiger partial charge in [0.2, 0.25) is 0 Å². The summed E-state index contributed by atoms with van der Waals surface area (Å²) in [5.74, 6) is -0.458. The molecule has 0 spiro atoms. The van der Waals surface area contributed by atoms with Gasteiger partial charge in [-0.15, -0.1) is 0 Å². The topological polar surface area (TPSA) is 55.4 Å². The summed E-state index contributed by atoms with van der Waals surface area (Å²) in [6.07, 6.45) is 0.699. The van der Waals surface area contributed by atoms with Gasteiger partial charge in [0.15, 0.2) is 0 Å². The van der Waals surface area contributed by atoms with Gasteiger partial charge in [-0.1, -0.05) is 19.9 Å². The Labute approximate surface area is 78.0 Å². The predicted molar refractivity (Wildman–Crippen MR) is 49.2 cm³/mol. The van der Waals surface area contributed by atoms with Gasteiger partial charge in [-0.25, -0.2) is 4.79 Å². The molecular formula is C9H15NO3. The quantitative estimate of drug-likeness (QED) is 0.677. The number of hydrogen-bond acceptors (Lipinski definition) is 3. The molecule has 0 heterocycles. The molecule has 0 fully saturated rings. The second-order valence-electron chi connectivity index (χ2n) is 2.53. The van der Waals surface area contributed by atoms with Crippen LogP contribution in [-0.2, 0) is 9.53 Å². The average molecular weight is 185 g/mol. The van der Waals surface area contributed by atoms with Gasteiger partial charge in [-0.05, 0) is 13.3 Å². The van der Waals surface area contributed by atoms with E-state index >= 15 is 0 Å². The first-order valence-electron chi connectivity index (χ1n) is 4.27. The smallest absolute Gasteiger partial charge is 0.414 e. The van der Waals surface area contributed by atoms with Gasteiger partial charge in [0.25, 0.3) is 5.91 Å². The number of amides is 2. The minimum atomic E-state index is -0.718. The van der Waals surface area contributed by atoms with E-state index in [4.69, 9.17) is 0 Å². The Bertz CT molecular complexity index is 211. The summed E-state index contributed by atoms with van der Waals surface area (Å²) in [6.45, 7) is 7.39. The SMILES string of the molecule is C=C(CCC)C(=O)NC(=O)OCC. The molecule has 0 saturated carbocycles. The molecule has 0 aromatic rings. The van der Waals surface area contributed by atoms with Gasteiger partial charge in [0.05, 0.1) is 6.61 Å². The van der Waals surface area contributed by atoms with Crippen LogP contribution in [0.2, 0.25) is 0 Å². The van der Waals surface area contributed by atoms with Gasteiger partial charge in [0.1, 0.15) is 0 Å². The van der Waals surface area contributed by atoms with E-state index in [0.29, 0.717) is 12.0 Å². The molecule has 0 bridgehead atoms. The van der Waals surface area contributed by atoms with Gasteiger partial charge < -0.3 is 4.74 Å². The molecule has 0 radical (unpaired) electrons. The Kier molecular flexibility index (Phi) is 5.59. The van der Waals surface area contributed by atoms with Crippen LogP contribution < -0.4 is 5.32 Å². The van der Waals surface area contributed by atoms with E-state index in [9.17, 15) is 9.59 Å². The highest BCUT2D eigenvalue weighted by molar-refractivity contribution is 6.01. The van der Waals surface area contributed by atoms with Crippen LogP contribution in [0, 0.1) is 0 Å². The normalized spacial score (nSPS) is 9.08. The first kappa shape index (κ1) is 11.7. The second-order valence-corrected chi connectivity index (χ2v) is 2.53. The summed E-state index contributed by atoms with van der Waals surface area (Å²) in [5, 5.41) is 2.07. The molecule has 74 valence electrons. The number of imide groups is 1. The van der Waals surface area contributed by atoms with Gasteiger partial charge in [0, 0.05) is 5.57 Å². The third kappa shape index (κ3) is 5.00. The van der Waals surface area contributed by atoms with Crippen LogP contribution in [-0.4, -0.2) is 18.6 Å². The Balaban J connectivity index is 3.86. The molecule has 2 amide bonds. The molecule has 0 rings (SSSR count). The zero-order valence-corrected chi connectivity index (χ0v) is 8.05. The summed E-state index contributed by atoms with van der Waals surface area (Å²) in [5.41, 5.74) is 0.399. The molecule has 0 atom stereocenters. The van der Waals surface area contributed by atoms with Crippen LogP contribution in [0.25, 0.3) is 0 Å². The van der Waals surface area contributed by atoms with E-state index in [0.717, 1.165) is 6.42 Å². The average Bonchev–Trinajstić information content (AvgIpc) is 2.05. The lowest BCUT2D eigenvalue weighted by molar-refractivity contribution is -0.117. The van der Waals surface area contributed by atoms with Crippen molar-refractivity contribution in [2.45, 2.75) is 26.7 Å². The van der Waals surface area contributed by atoms with Crippen LogP contribution in [0.15, 0.2) is 12.2 Å². The summed E-state index contributed by atoms with van der Waals surface area (Å²) in [6, 6.07) is 0. The van der Waals surface area contributed by atoms with Crippen molar-refractivity contribution in [2.75, 3.05) is 6.61 Å². The highest BCUT2D eigenvalue weighted by Gasteiger charge is 2.10. The van der Waals surface area contributed by atoms with Crippen molar-refractivity contribution in [1.29, 1.82) is 0 Å². The zero-order chi connectivity index (χ0) is 10.3. The zero-order valence-electron chi connectivity index (χ0n) is 8.05. The standard InChI is InChI=1S/C9H15NO3/c1-4-6-7(3)8(11)10-9(12)13-5-2/h3-6H2,1-2H3,(H,10,11,12). The molecule has 0 aliphatic carbocycles. The number of carbonyl (C=O) groups excluding carboxylic acids is 2. The molecule has 0 saturated heterocycles. The minimum absolute atomic E-state index is 0.249. The van der Waals surface area contributed by atoms with Crippen molar-refractivity contribution >= 4 is 12.0 Å². The van der Waals surface area contributed by atoms with E-state index in [-0.39, 0.29) is 6.61 Å². The van der Waals surface area contributed by atoms with Crippen molar-refractivity contribution < 1.29 is 14.3 Å². The lowest BCUT2D eigenvalue weighted by atomic mass is 10.2. The van der Waals surface area contributed by atoms with E-state index in [1.54, 1.807) is 6.92 Å². The Morgan fingerprint density at radius 1 is 1.38 bits per heavy atom. The molecule has 0 aromatic carbocycles. The van der Waals surface area contributed by atoms with Crippen LogP contribution in [0.4, 0.5) is 4.79 Å². The number of alkyl carbamates (subject to hydrolysis) is 1. The molecule has 1 N–H and O–H groups in total. The highest BCUT2D eigenvalue weighted by atomic mass is 16.5. The van der Waals surface area contributed by atoms with Crippen molar-refractivity contribution in [3.63, 3.8) is 0 Å². The van der Waals surface area contributed by atoms with E-state index < -0.39 is 12.0 Å². The molecule has 0 unspecified atom stereocenters. The Morgan fingerprint density at radius 2 is 2.00 bits per heavy atom. The van der Waals surface area contributed by atoms with Gasteiger partial charge in [-0.3, -0.25) is 10.1 Å². The molecule has 13 heavy (non-hydrogen) atoms. The predicted octanol–water partition coefficient (Wildman–Crippen LogP) is 1.62. The van der Waals surface area contributed by atoms with Crippen molar-refractivity contribution in [1.82, 2.24) is 5.32 Å². The van der Waals surface area contributed by atoms with Gasteiger partial charge >= 0.3 is 6.09 Å². The summed E-state index contributed by atoms with van der Waals surface area (Å²) < 4.78 is 4.53. The fraction of sp³-hybridized carbons (Fsp3) is 0.556. The van der Waals surface area contributed by atoms with Crippen molar-refractivity contribution in [2.24, 2.45) is 0 Å². The van der Waals surface area contributed by atoms with E-state index in [1.807, 2.05) is 6.92 Å². The lowest BCUT2D eigenvalue weighted by Crippen LogP contribution is -2.31. The molecule has 0 aromatic heterocycles. The first-order valence-corrected chi connectivity index (χ1v) is 4.27. The van der Waals surface area contributed by atoms with Crippen LogP contribution >= 0.6 is 0 Å². The summed E-state index contributed by atoms with van der Waals surface area (Å²) in [4.78, 5) is 21.9. The molecule has 0 aliphatic rings. The minimum Gasteiger partial charge on any atom is -0.450 e. The third-order valence-corrected chi connectivity index (χ3v) is 1.36. The molecule has 0 aliphatic heterocycles. The number of rotatable bonds is 4. The van der Waals surface area contributed by atoms with Crippen LogP contribution in [0.5, 0.6) is 0 Å². The number of hydrogen-bond donors (Lipinski definition) is 1. The van der Waals surface area contributed by atoms with E-state index in [2.05, 4.69) is 16.6 Å². The largest absolute Gasteiger partial charge is 0.450 e. The number of carbonyl (C=O) groups is 2. The number of ether oxygens (including phenoxy) is 1. The lowest BCUT2D eigenvalue weighted by Gasteiger charge is -2.04. The summed E-state index contributed by atoms with van der Waals surface area (Å²) in [7, 11) is 0. The maximum Gasteiger partial charge on any atom is 0.414 e. The Hall–Kier alpha value is -1.32. The van der Waals surface area contributed by atoms with Crippen molar-refractivity contribution in [3.8, 4) is 0 Å². The van der Waals surface area contributed by atoms with Crippen LogP contribution in [0.3, 0.4) is 0 Å².